The minimum absolute atomic E-state index is 0.120. The molecule has 1 amide bonds. The van der Waals surface area contributed by atoms with Crippen molar-refractivity contribution in [2.24, 2.45) is 0 Å². The molecule has 136 valence electrons. The molecule has 25 heavy (non-hydrogen) atoms. The number of rotatable bonds is 3. The van der Waals surface area contributed by atoms with Crippen LogP contribution in [0.25, 0.3) is 0 Å². The number of ether oxygens (including phenoxy) is 1. The van der Waals surface area contributed by atoms with Gasteiger partial charge >= 0.3 is 12.1 Å². The zero-order chi connectivity index (χ0) is 18.8. The van der Waals surface area contributed by atoms with E-state index < -0.39 is 11.6 Å². The van der Waals surface area contributed by atoms with Crippen LogP contribution in [-0.4, -0.2) is 60.1 Å². The van der Waals surface area contributed by atoms with Crippen LogP contribution in [0.5, 0.6) is 0 Å². The lowest BCUT2D eigenvalue weighted by molar-refractivity contribution is 0.0240. The van der Waals surface area contributed by atoms with Crippen LogP contribution in [-0.2, 0) is 4.74 Å². The smallest absolute Gasteiger partial charge is 0.410 e. The van der Waals surface area contributed by atoms with Crippen LogP contribution >= 0.6 is 0 Å². The topological polar surface area (TPSA) is 87.2 Å². The quantitative estimate of drug-likeness (QED) is 0.845. The van der Waals surface area contributed by atoms with E-state index in [1.165, 1.54) is 0 Å². The van der Waals surface area contributed by atoms with Gasteiger partial charge in [0.2, 0.25) is 0 Å². The molecule has 1 heterocycles. The first-order valence-corrected chi connectivity index (χ1v) is 8.18. The number of hydrogen-bond acceptors (Lipinski definition) is 5. The van der Waals surface area contributed by atoms with Crippen molar-refractivity contribution in [3.63, 3.8) is 0 Å². The highest BCUT2D eigenvalue weighted by Gasteiger charge is 2.26. The highest BCUT2D eigenvalue weighted by Crippen LogP contribution is 2.24. The van der Waals surface area contributed by atoms with Crippen LogP contribution in [0.1, 0.15) is 47.1 Å². The van der Waals surface area contributed by atoms with E-state index in [2.05, 4.69) is 0 Å². The number of aldehydes is 1. The molecule has 0 bridgehead atoms. The zero-order valence-electron chi connectivity index (χ0n) is 15.0. The Bertz CT molecular complexity index is 685. The predicted octanol–water partition coefficient (Wildman–Crippen LogP) is 2.56. The summed E-state index contributed by atoms with van der Waals surface area (Å²) < 4.78 is 5.37. The average molecular weight is 348 g/mol. The Morgan fingerprint density at radius 3 is 2.24 bits per heavy atom. The van der Waals surface area contributed by atoms with Gasteiger partial charge in [-0.25, -0.2) is 9.59 Å². The SMILES string of the molecule is Cc1c(C=O)cc(N2CCN(C(=O)OC(C)(C)C)CC2)cc1C(=O)O. The number of carboxylic acid groups (broad SMARTS) is 1. The number of nitrogens with zero attached hydrogens (tertiary/aromatic N) is 2. The van der Waals surface area contributed by atoms with Gasteiger partial charge in [-0.15, -0.1) is 0 Å². The monoisotopic (exact) mass is 348 g/mol. The fourth-order valence-corrected chi connectivity index (χ4v) is 2.72. The first-order chi connectivity index (χ1) is 11.6. The summed E-state index contributed by atoms with van der Waals surface area (Å²) in [6, 6.07) is 3.27. The van der Waals surface area contributed by atoms with E-state index in [1.807, 2.05) is 25.7 Å². The molecule has 2 rings (SSSR count). The number of hydrogen-bond donors (Lipinski definition) is 1. The molecule has 1 N–H and O–H groups in total. The lowest BCUT2D eigenvalue weighted by atomic mass is 10.0. The van der Waals surface area contributed by atoms with E-state index in [1.54, 1.807) is 24.0 Å². The zero-order valence-corrected chi connectivity index (χ0v) is 15.0. The Morgan fingerprint density at radius 2 is 1.76 bits per heavy atom. The van der Waals surface area contributed by atoms with Crippen LogP contribution in [0, 0.1) is 6.92 Å². The van der Waals surface area contributed by atoms with Crippen LogP contribution in [0.2, 0.25) is 0 Å². The van der Waals surface area contributed by atoms with Crippen molar-refractivity contribution in [2.75, 3.05) is 31.1 Å². The van der Waals surface area contributed by atoms with E-state index in [0.29, 0.717) is 49.3 Å². The molecule has 7 nitrogen and oxygen atoms in total. The Hall–Kier alpha value is -2.57. The van der Waals surface area contributed by atoms with Crippen LogP contribution in [0.4, 0.5) is 10.5 Å². The molecule has 7 heteroatoms. The van der Waals surface area contributed by atoms with Gasteiger partial charge in [0.05, 0.1) is 5.56 Å². The van der Waals surface area contributed by atoms with E-state index >= 15 is 0 Å². The summed E-state index contributed by atoms with van der Waals surface area (Å²) in [6.45, 7) is 9.12. The van der Waals surface area contributed by atoms with Crippen molar-refractivity contribution < 1.29 is 24.2 Å². The van der Waals surface area contributed by atoms with E-state index in [4.69, 9.17) is 4.74 Å². The minimum Gasteiger partial charge on any atom is -0.478 e. The average Bonchev–Trinajstić information content (AvgIpc) is 2.53. The van der Waals surface area contributed by atoms with Gasteiger partial charge in [0.15, 0.2) is 0 Å². The summed E-state index contributed by atoms with van der Waals surface area (Å²) >= 11 is 0. The van der Waals surface area contributed by atoms with Crippen molar-refractivity contribution in [2.45, 2.75) is 33.3 Å². The third-order valence-electron chi connectivity index (χ3n) is 4.09. The molecule has 0 saturated carbocycles. The Balaban J connectivity index is 2.13. The molecule has 0 radical (unpaired) electrons. The van der Waals surface area contributed by atoms with Crippen LogP contribution < -0.4 is 4.90 Å². The number of piperazine rings is 1. The van der Waals surface area contributed by atoms with Gasteiger partial charge in [-0.2, -0.15) is 0 Å². The Labute approximate surface area is 147 Å². The van der Waals surface area contributed by atoms with Crippen molar-refractivity contribution in [1.82, 2.24) is 4.90 Å². The molecular weight excluding hydrogens is 324 g/mol. The lowest BCUT2D eigenvalue weighted by Gasteiger charge is -2.37. The molecule has 0 aromatic heterocycles. The fraction of sp³-hybridized carbons (Fsp3) is 0.500. The molecule has 0 spiro atoms. The van der Waals surface area contributed by atoms with E-state index in [0.717, 1.165) is 0 Å². The van der Waals surface area contributed by atoms with Gasteiger partial charge in [0.1, 0.15) is 11.9 Å². The summed E-state index contributed by atoms with van der Waals surface area (Å²) in [4.78, 5) is 38.3. The molecule has 1 aromatic carbocycles. The number of carbonyl (C=O) groups excluding carboxylic acids is 2. The first-order valence-electron chi connectivity index (χ1n) is 8.18. The molecule has 1 aliphatic rings. The normalized spacial score (nSPS) is 15.0. The number of benzene rings is 1. The van der Waals surface area contributed by atoms with Gasteiger partial charge < -0.3 is 19.6 Å². The van der Waals surface area contributed by atoms with E-state index in [9.17, 15) is 19.5 Å². The largest absolute Gasteiger partial charge is 0.478 e. The summed E-state index contributed by atoms with van der Waals surface area (Å²) in [5.74, 6) is -1.06. The molecule has 0 unspecified atom stereocenters. The highest BCUT2D eigenvalue weighted by atomic mass is 16.6. The number of carboxylic acids is 1. The standard InChI is InChI=1S/C18H24N2O5/c1-12-13(11-21)9-14(10-15(12)16(22)23)19-5-7-20(8-6-19)17(24)25-18(2,3)4/h9-11H,5-8H2,1-4H3,(H,22,23). The summed E-state index contributed by atoms with van der Waals surface area (Å²) in [5, 5.41) is 9.33. The maximum Gasteiger partial charge on any atom is 0.410 e. The highest BCUT2D eigenvalue weighted by molar-refractivity contribution is 5.94. The van der Waals surface area contributed by atoms with E-state index in [-0.39, 0.29) is 11.7 Å². The number of anilines is 1. The Morgan fingerprint density at radius 1 is 1.16 bits per heavy atom. The van der Waals surface area contributed by atoms with Gasteiger partial charge in [-0.05, 0) is 45.4 Å². The second kappa shape index (κ2) is 7.13. The van der Waals surface area contributed by atoms with Gasteiger partial charge in [0.25, 0.3) is 0 Å². The van der Waals surface area contributed by atoms with Crippen molar-refractivity contribution in [3.8, 4) is 0 Å². The van der Waals surface area contributed by atoms with Gasteiger partial charge in [-0.1, -0.05) is 0 Å². The Kier molecular flexibility index (Phi) is 5.35. The lowest BCUT2D eigenvalue weighted by Crippen LogP contribution is -2.50. The minimum atomic E-state index is -1.06. The molecule has 1 saturated heterocycles. The number of aromatic carboxylic acids is 1. The van der Waals surface area contributed by atoms with Crippen LogP contribution in [0.3, 0.4) is 0 Å². The number of carbonyl (C=O) groups is 3. The number of amides is 1. The molecule has 0 aliphatic carbocycles. The third-order valence-corrected chi connectivity index (χ3v) is 4.09. The third kappa shape index (κ3) is 4.49. The second-order valence-electron chi connectivity index (χ2n) is 7.08. The van der Waals surface area contributed by atoms with Crippen LogP contribution in [0.15, 0.2) is 12.1 Å². The molecule has 1 fully saturated rings. The summed E-state index contributed by atoms with van der Waals surface area (Å²) in [5.41, 5.74) is 1.08. The maximum atomic E-state index is 12.1. The molecule has 1 aromatic rings. The fourth-order valence-electron chi connectivity index (χ4n) is 2.72. The van der Waals surface area contributed by atoms with Crippen molar-refractivity contribution in [3.05, 3.63) is 28.8 Å². The van der Waals surface area contributed by atoms with Gasteiger partial charge in [0, 0.05) is 37.4 Å². The maximum absolute atomic E-state index is 12.1. The van der Waals surface area contributed by atoms with Crippen molar-refractivity contribution in [1.29, 1.82) is 0 Å². The molecular formula is C18H24N2O5. The summed E-state index contributed by atoms with van der Waals surface area (Å²) in [6.07, 6.45) is 0.318. The first kappa shape index (κ1) is 18.8. The van der Waals surface area contributed by atoms with Crippen molar-refractivity contribution >= 4 is 24.0 Å². The van der Waals surface area contributed by atoms with Gasteiger partial charge in [-0.3, -0.25) is 4.79 Å². The summed E-state index contributed by atoms with van der Waals surface area (Å²) in [7, 11) is 0. The second-order valence-corrected chi connectivity index (χ2v) is 7.08. The molecule has 1 aliphatic heterocycles. The molecule has 0 atom stereocenters. The predicted molar refractivity (Wildman–Crippen MR) is 93.5 cm³/mol.